The fourth-order valence-corrected chi connectivity index (χ4v) is 10.7. The maximum absolute atomic E-state index is 14.7. The molecule has 71 heavy (non-hydrogen) atoms. The number of rotatable bonds is 15. The van der Waals surface area contributed by atoms with E-state index in [0.29, 0.717) is 42.3 Å². The number of nitrogens with one attached hydrogen (secondary N) is 4. The number of aryl methyl sites for hydroxylation is 1. The molecular formula is C52H71N9O10. The summed E-state index contributed by atoms with van der Waals surface area (Å²) >= 11 is 0. The van der Waals surface area contributed by atoms with Crippen molar-refractivity contribution in [3.63, 3.8) is 0 Å². The van der Waals surface area contributed by atoms with Crippen molar-refractivity contribution in [2.24, 2.45) is 24.6 Å². The van der Waals surface area contributed by atoms with Gasteiger partial charge in [-0.2, -0.15) is 0 Å². The third-order valence-corrected chi connectivity index (χ3v) is 14.6. The smallest absolute Gasteiger partial charge is 0.408 e. The Balaban J connectivity index is 0.979. The zero-order valence-electron chi connectivity index (χ0n) is 41.9. The van der Waals surface area contributed by atoms with E-state index in [1.807, 2.05) is 42.5 Å². The first-order valence-electron chi connectivity index (χ1n) is 25.2. The van der Waals surface area contributed by atoms with Gasteiger partial charge in [0.15, 0.2) is 0 Å². The Bertz CT molecular complexity index is 2570. The number of imide groups is 1. The zero-order valence-corrected chi connectivity index (χ0v) is 41.9. The van der Waals surface area contributed by atoms with Gasteiger partial charge in [0.2, 0.25) is 41.4 Å². The Kier molecular flexibility index (Phi) is 16.4. The first kappa shape index (κ1) is 52.3. The fourth-order valence-electron chi connectivity index (χ4n) is 10.7. The molecule has 19 heteroatoms. The first-order valence-corrected chi connectivity index (χ1v) is 25.2. The number of nitrogens with two attached hydrogens (primary N) is 1. The lowest BCUT2D eigenvalue weighted by Gasteiger charge is -2.39. The Morgan fingerprint density at radius 1 is 0.859 bits per heavy atom. The van der Waals surface area contributed by atoms with Gasteiger partial charge < -0.3 is 36.2 Å². The van der Waals surface area contributed by atoms with E-state index in [-0.39, 0.29) is 75.0 Å². The zero-order chi connectivity index (χ0) is 51.3. The number of piperidine rings is 1. The number of hydrogen-bond donors (Lipinski definition) is 5. The summed E-state index contributed by atoms with van der Waals surface area (Å²) in [7, 11) is 1.68. The highest BCUT2D eigenvalue weighted by atomic mass is 16.6. The molecule has 3 saturated heterocycles. The van der Waals surface area contributed by atoms with Gasteiger partial charge >= 0.3 is 11.8 Å². The Morgan fingerprint density at radius 3 is 2.21 bits per heavy atom. The summed E-state index contributed by atoms with van der Waals surface area (Å²) in [6.45, 7) is 9.65. The molecule has 1 aliphatic carbocycles. The molecule has 4 heterocycles. The summed E-state index contributed by atoms with van der Waals surface area (Å²) < 4.78 is 8.57. The van der Waals surface area contributed by atoms with Gasteiger partial charge in [0.1, 0.15) is 29.8 Å². The number of nitrogens with zero attached hydrogens (tertiary/aromatic N) is 4. The molecule has 4 aliphatic rings. The van der Waals surface area contributed by atoms with Crippen LogP contribution < -0.4 is 32.7 Å². The normalized spacial score (nSPS) is 23.3. The molecule has 384 valence electrons. The highest BCUT2D eigenvalue weighted by molar-refractivity contribution is 6.00. The highest BCUT2D eigenvalue weighted by Gasteiger charge is 2.46. The lowest BCUT2D eigenvalue weighted by atomic mass is 9.78. The molecule has 5 atom stereocenters. The first-order chi connectivity index (χ1) is 33.6. The molecule has 1 aromatic heterocycles. The maximum Gasteiger partial charge on any atom is 0.408 e. The van der Waals surface area contributed by atoms with E-state index in [9.17, 15) is 43.2 Å². The van der Waals surface area contributed by atoms with Crippen LogP contribution in [0.15, 0.2) is 47.3 Å². The summed E-state index contributed by atoms with van der Waals surface area (Å²) in [5, 5.41) is 10.7. The summed E-state index contributed by atoms with van der Waals surface area (Å²) in [6, 6.07) is 9.19. The van der Waals surface area contributed by atoms with Crippen LogP contribution in [0.4, 0.5) is 4.79 Å². The van der Waals surface area contributed by atoms with Gasteiger partial charge in [-0.3, -0.25) is 48.0 Å². The number of primary amides is 1. The number of carbonyl (C=O) groups is 8. The second kappa shape index (κ2) is 22.3. The van der Waals surface area contributed by atoms with Crippen LogP contribution in [0.25, 0.3) is 11.0 Å². The van der Waals surface area contributed by atoms with Crippen molar-refractivity contribution in [1.82, 2.24) is 40.2 Å². The van der Waals surface area contributed by atoms with Crippen molar-refractivity contribution in [2.45, 2.75) is 166 Å². The van der Waals surface area contributed by atoms with E-state index in [1.165, 1.54) is 9.47 Å². The number of carbonyl (C=O) groups excluding carboxylic acids is 8. The van der Waals surface area contributed by atoms with Crippen molar-refractivity contribution >= 4 is 58.5 Å². The maximum atomic E-state index is 14.7. The lowest BCUT2D eigenvalue weighted by Crippen LogP contribution is -2.62. The number of imidazole rings is 1. The van der Waals surface area contributed by atoms with Crippen LogP contribution >= 0.6 is 0 Å². The van der Waals surface area contributed by atoms with E-state index >= 15 is 0 Å². The van der Waals surface area contributed by atoms with Gasteiger partial charge in [-0.15, -0.1) is 0 Å². The summed E-state index contributed by atoms with van der Waals surface area (Å²) in [5.74, 6) is -2.36. The highest BCUT2D eigenvalue weighted by Crippen LogP contribution is 2.35. The summed E-state index contributed by atoms with van der Waals surface area (Å²) in [4.78, 5) is 123. The minimum absolute atomic E-state index is 0.0465. The van der Waals surface area contributed by atoms with E-state index in [4.69, 9.17) is 10.5 Å². The van der Waals surface area contributed by atoms with E-state index in [1.54, 1.807) is 37.3 Å². The molecule has 7 rings (SSSR count). The number of amides is 8. The standard InChI is InChI=1S/C52H71N9O10/c1-30(2)35-14-11-33(12-15-35)28-54-46(65)37(17-21-43(53)62)55-47(66)40-19-16-36-23-24-59(29-38(49(68)60(36)40)56-50(69)71-52(3,4)5)45(64)27-32-9-7-31(8-10-32)25-34-13-18-39-42(26-34)58(6)51(70)61(39)41-20-22-44(63)57-48(41)67/h11-15,18,26,30-32,36-38,40-41H,7-10,16-17,19-25,27-29H2,1-6H3,(H2,53,62)(H,54,65)(H,55,66)(H,56,69)(H,57,63,67)/t31?,32?,36-,37+,38+,40+,41?/m1/s1. The van der Waals surface area contributed by atoms with Crippen molar-refractivity contribution in [3.8, 4) is 0 Å². The van der Waals surface area contributed by atoms with E-state index in [2.05, 4.69) is 35.1 Å². The van der Waals surface area contributed by atoms with Gasteiger partial charge in [0.25, 0.3) is 0 Å². The average Bonchev–Trinajstić information content (AvgIpc) is 3.84. The fraction of sp³-hybridized carbons (Fsp3) is 0.596. The van der Waals surface area contributed by atoms with Crippen molar-refractivity contribution in [3.05, 3.63) is 69.6 Å². The van der Waals surface area contributed by atoms with Crippen LogP contribution in [-0.4, -0.2) is 109 Å². The predicted octanol–water partition coefficient (Wildman–Crippen LogP) is 3.73. The largest absolute Gasteiger partial charge is 0.444 e. The molecule has 4 fully saturated rings. The lowest BCUT2D eigenvalue weighted by molar-refractivity contribution is -0.146. The van der Waals surface area contributed by atoms with Gasteiger partial charge in [0, 0.05) is 45.4 Å². The summed E-state index contributed by atoms with van der Waals surface area (Å²) in [5.41, 5.74) is 8.70. The topological polar surface area (TPSA) is 253 Å². The van der Waals surface area contributed by atoms with Gasteiger partial charge in [-0.25, -0.2) is 9.59 Å². The molecule has 0 spiro atoms. The summed E-state index contributed by atoms with van der Waals surface area (Å²) in [6.07, 6.45) is 5.03. The molecule has 0 bridgehead atoms. The molecule has 2 aromatic carbocycles. The predicted molar refractivity (Wildman–Crippen MR) is 263 cm³/mol. The van der Waals surface area contributed by atoms with Crippen LogP contribution in [0, 0.1) is 11.8 Å². The number of alkyl carbamates (subject to hydrolysis) is 1. The van der Waals surface area contributed by atoms with Crippen molar-refractivity contribution in [2.75, 3.05) is 13.1 Å². The molecular weight excluding hydrogens is 911 g/mol. The number of ether oxygens (including phenoxy) is 1. The second-order valence-electron chi connectivity index (χ2n) is 21.3. The average molecular weight is 982 g/mol. The van der Waals surface area contributed by atoms with Crippen LogP contribution in [0.3, 0.4) is 0 Å². The van der Waals surface area contributed by atoms with Crippen LogP contribution in [0.1, 0.15) is 140 Å². The molecule has 1 unspecified atom stereocenters. The third kappa shape index (κ3) is 12.9. The van der Waals surface area contributed by atoms with E-state index < -0.39 is 71.4 Å². The third-order valence-electron chi connectivity index (χ3n) is 14.6. The van der Waals surface area contributed by atoms with Crippen LogP contribution in [0.5, 0.6) is 0 Å². The van der Waals surface area contributed by atoms with Crippen molar-refractivity contribution in [1.29, 1.82) is 0 Å². The number of fused-ring (bicyclic) bond motifs is 2. The van der Waals surface area contributed by atoms with Crippen LogP contribution in [0.2, 0.25) is 0 Å². The molecule has 1 saturated carbocycles. The molecule has 0 radical (unpaired) electrons. The van der Waals surface area contributed by atoms with E-state index in [0.717, 1.165) is 48.8 Å². The quantitative estimate of drug-likeness (QED) is 0.138. The molecule has 3 aromatic rings. The number of benzene rings is 2. The second-order valence-corrected chi connectivity index (χ2v) is 21.3. The Hall–Kier alpha value is -6.53. The number of aromatic nitrogens is 2. The minimum Gasteiger partial charge on any atom is -0.444 e. The van der Waals surface area contributed by atoms with Gasteiger partial charge in [0.05, 0.1) is 17.6 Å². The van der Waals surface area contributed by atoms with Crippen LogP contribution in [-0.2, 0) is 58.3 Å². The van der Waals surface area contributed by atoms with Gasteiger partial charge in [-0.1, -0.05) is 44.2 Å². The monoisotopic (exact) mass is 982 g/mol. The minimum atomic E-state index is -1.23. The molecule has 3 aliphatic heterocycles. The number of hydrogen-bond acceptors (Lipinski definition) is 10. The SMILES string of the molecule is CC(C)c1ccc(CNC(=O)[C@H](CCC(N)=O)NC(=O)[C@@H]2CC[C@@H]3CCN(C(=O)CC4CCC(Cc5ccc6c(c5)n(C)c(=O)n6C5CCC(=O)NC5=O)CC4)C[C@H](NC(=O)OC(C)(C)C)C(=O)N32)cc1. The Morgan fingerprint density at radius 2 is 1.55 bits per heavy atom. The van der Waals surface area contributed by atoms with Gasteiger partial charge in [-0.05, 0) is 132 Å². The molecule has 8 amide bonds. The Labute approximate surface area is 414 Å². The molecule has 19 nitrogen and oxygen atoms in total. The van der Waals surface area contributed by atoms with Crippen molar-refractivity contribution < 1.29 is 43.1 Å². The molecule has 6 N–H and O–H groups in total.